The van der Waals surface area contributed by atoms with Crippen molar-refractivity contribution in [2.45, 2.75) is 40.2 Å². The Bertz CT molecular complexity index is 388. The monoisotopic (exact) mass is 235 g/mol. The van der Waals surface area contributed by atoms with Gasteiger partial charge < -0.3 is 10.1 Å². The summed E-state index contributed by atoms with van der Waals surface area (Å²) in [5, 5.41) is 2.87. The zero-order chi connectivity index (χ0) is 12.8. The predicted molar refractivity (Wildman–Crippen MR) is 69.3 cm³/mol. The molecule has 0 bridgehead atoms. The number of hydrogen-bond acceptors (Lipinski definition) is 2. The van der Waals surface area contributed by atoms with E-state index in [2.05, 4.69) is 5.32 Å². The predicted octanol–water partition coefficient (Wildman–Crippen LogP) is 2.60. The fourth-order valence-electron chi connectivity index (χ4n) is 1.52. The van der Waals surface area contributed by atoms with Crippen LogP contribution in [0.25, 0.3) is 0 Å². The van der Waals surface area contributed by atoms with E-state index < -0.39 is 0 Å². The fraction of sp³-hybridized carbons (Fsp3) is 0.500. The molecule has 1 rings (SSSR count). The lowest BCUT2D eigenvalue weighted by atomic mass is 10.1. The summed E-state index contributed by atoms with van der Waals surface area (Å²) in [4.78, 5) is 11.5. The van der Waals surface area contributed by atoms with Crippen molar-refractivity contribution >= 4 is 5.91 Å². The van der Waals surface area contributed by atoms with Crippen LogP contribution in [0.5, 0.6) is 5.75 Å². The van der Waals surface area contributed by atoms with E-state index in [4.69, 9.17) is 4.74 Å². The van der Waals surface area contributed by atoms with Crippen LogP contribution >= 0.6 is 0 Å². The van der Waals surface area contributed by atoms with Crippen LogP contribution in [0, 0.1) is 13.8 Å². The molecule has 0 saturated carbocycles. The molecule has 0 aliphatic heterocycles. The molecule has 0 heterocycles. The maximum atomic E-state index is 11.5. The van der Waals surface area contributed by atoms with Crippen molar-refractivity contribution in [3.8, 4) is 5.75 Å². The highest BCUT2D eigenvalue weighted by atomic mass is 16.5. The molecule has 3 heteroatoms. The molecule has 17 heavy (non-hydrogen) atoms. The summed E-state index contributed by atoms with van der Waals surface area (Å²) >= 11 is 0. The van der Waals surface area contributed by atoms with Gasteiger partial charge in [0.2, 0.25) is 0 Å². The first kappa shape index (κ1) is 13.6. The number of amides is 1. The van der Waals surface area contributed by atoms with Gasteiger partial charge in [-0.1, -0.05) is 24.6 Å². The molecule has 1 aromatic carbocycles. The number of hydrogen-bond donors (Lipinski definition) is 1. The second-order valence-electron chi connectivity index (χ2n) is 4.43. The molecule has 0 aliphatic rings. The van der Waals surface area contributed by atoms with Crippen LogP contribution in [0.15, 0.2) is 18.2 Å². The minimum atomic E-state index is -0.0701. The number of ether oxygens (including phenoxy) is 1. The molecule has 3 nitrogen and oxygen atoms in total. The number of aryl methyl sites for hydroxylation is 2. The molecule has 1 aromatic rings. The summed E-state index contributed by atoms with van der Waals surface area (Å²) in [6.45, 7) is 8.11. The normalized spacial score (nSPS) is 12.0. The highest BCUT2D eigenvalue weighted by Gasteiger charge is 2.07. The average Bonchev–Trinajstić information content (AvgIpc) is 2.27. The van der Waals surface area contributed by atoms with Gasteiger partial charge in [-0.2, -0.15) is 0 Å². The molecule has 0 saturated heterocycles. The van der Waals surface area contributed by atoms with Gasteiger partial charge in [-0.25, -0.2) is 0 Å². The Hall–Kier alpha value is -1.51. The molecule has 0 unspecified atom stereocenters. The lowest BCUT2D eigenvalue weighted by molar-refractivity contribution is -0.123. The van der Waals surface area contributed by atoms with Crippen LogP contribution in [0.3, 0.4) is 0 Å². The molecule has 1 atom stereocenters. The van der Waals surface area contributed by atoms with E-state index >= 15 is 0 Å². The number of carbonyl (C=O) groups is 1. The maximum Gasteiger partial charge on any atom is 0.258 e. The zero-order valence-electron chi connectivity index (χ0n) is 11.0. The van der Waals surface area contributed by atoms with E-state index in [1.807, 2.05) is 45.9 Å². The molecule has 0 spiro atoms. The van der Waals surface area contributed by atoms with Gasteiger partial charge in [-0.3, -0.25) is 4.79 Å². The van der Waals surface area contributed by atoms with Gasteiger partial charge in [0.05, 0.1) is 0 Å². The van der Waals surface area contributed by atoms with Crippen LogP contribution in [-0.2, 0) is 4.79 Å². The van der Waals surface area contributed by atoms with Crippen LogP contribution in [0.2, 0.25) is 0 Å². The van der Waals surface area contributed by atoms with Crippen molar-refractivity contribution in [3.63, 3.8) is 0 Å². The number of benzene rings is 1. The Kier molecular flexibility index (Phi) is 5.01. The van der Waals surface area contributed by atoms with E-state index in [9.17, 15) is 4.79 Å². The van der Waals surface area contributed by atoms with Gasteiger partial charge in [0.15, 0.2) is 6.61 Å². The average molecular weight is 235 g/mol. The van der Waals surface area contributed by atoms with Crippen LogP contribution in [0.1, 0.15) is 31.4 Å². The Morgan fingerprint density at radius 1 is 1.41 bits per heavy atom. The first-order chi connectivity index (χ1) is 8.02. The van der Waals surface area contributed by atoms with Crippen LogP contribution < -0.4 is 10.1 Å². The first-order valence-corrected chi connectivity index (χ1v) is 6.02. The topological polar surface area (TPSA) is 38.3 Å². The highest BCUT2D eigenvalue weighted by molar-refractivity contribution is 5.77. The molecule has 94 valence electrons. The smallest absolute Gasteiger partial charge is 0.258 e. The molecule has 1 N–H and O–H groups in total. The molecule has 0 aliphatic carbocycles. The summed E-state index contributed by atoms with van der Waals surface area (Å²) in [5.74, 6) is 0.703. The van der Waals surface area contributed by atoms with E-state index in [-0.39, 0.29) is 18.6 Å². The van der Waals surface area contributed by atoms with Crippen molar-refractivity contribution in [1.29, 1.82) is 0 Å². The minimum Gasteiger partial charge on any atom is -0.484 e. The standard InChI is InChI=1S/C14H21NO2/c1-5-12(4)15-14(16)9-17-13-7-6-10(2)8-11(13)3/h6-8,12H,5,9H2,1-4H3,(H,15,16)/t12-/m1/s1. The second-order valence-corrected chi connectivity index (χ2v) is 4.43. The van der Waals surface area contributed by atoms with Crippen molar-refractivity contribution < 1.29 is 9.53 Å². The third-order valence-corrected chi connectivity index (χ3v) is 2.71. The zero-order valence-corrected chi connectivity index (χ0v) is 11.0. The van der Waals surface area contributed by atoms with Gasteiger partial charge in [0.25, 0.3) is 5.91 Å². The molecule has 0 radical (unpaired) electrons. The summed E-state index contributed by atoms with van der Waals surface area (Å²) in [5.41, 5.74) is 2.25. The SMILES string of the molecule is CC[C@@H](C)NC(=O)COc1ccc(C)cc1C. The van der Waals surface area contributed by atoms with E-state index in [1.54, 1.807) is 0 Å². The lowest BCUT2D eigenvalue weighted by Crippen LogP contribution is -2.35. The number of rotatable bonds is 5. The number of carbonyl (C=O) groups excluding carboxylic acids is 1. The highest BCUT2D eigenvalue weighted by Crippen LogP contribution is 2.18. The molecular formula is C14H21NO2. The minimum absolute atomic E-state index is 0.0701. The van der Waals surface area contributed by atoms with E-state index in [1.165, 1.54) is 5.56 Å². The van der Waals surface area contributed by atoms with E-state index in [0.29, 0.717) is 0 Å². The van der Waals surface area contributed by atoms with E-state index in [0.717, 1.165) is 17.7 Å². The Balaban J connectivity index is 2.47. The summed E-state index contributed by atoms with van der Waals surface area (Å²) in [7, 11) is 0. The third-order valence-electron chi connectivity index (χ3n) is 2.71. The van der Waals surface area contributed by atoms with Crippen LogP contribution in [0.4, 0.5) is 0 Å². The van der Waals surface area contributed by atoms with Gasteiger partial charge in [-0.05, 0) is 38.8 Å². The molecule has 1 amide bonds. The van der Waals surface area contributed by atoms with Crippen molar-refractivity contribution in [2.75, 3.05) is 6.61 Å². The largest absolute Gasteiger partial charge is 0.484 e. The van der Waals surface area contributed by atoms with Crippen LogP contribution in [-0.4, -0.2) is 18.6 Å². The Labute approximate surface area is 103 Å². The Morgan fingerprint density at radius 3 is 2.71 bits per heavy atom. The quantitative estimate of drug-likeness (QED) is 0.852. The summed E-state index contributed by atoms with van der Waals surface area (Å²) in [6, 6.07) is 6.13. The van der Waals surface area contributed by atoms with Crippen molar-refractivity contribution in [1.82, 2.24) is 5.32 Å². The lowest BCUT2D eigenvalue weighted by Gasteiger charge is -2.13. The van der Waals surface area contributed by atoms with Crippen molar-refractivity contribution in [3.05, 3.63) is 29.3 Å². The third kappa shape index (κ3) is 4.47. The molecule has 0 aromatic heterocycles. The molecule has 0 fully saturated rings. The second kappa shape index (κ2) is 6.28. The van der Waals surface area contributed by atoms with Gasteiger partial charge in [-0.15, -0.1) is 0 Å². The fourth-order valence-corrected chi connectivity index (χ4v) is 1.52. The van der Waals surface area contributed by atoms with Gasteiger partial charge in [0, 0.05) is 6.04 Å². The first-order valence-electron chi connectivity index (χ1n) is 6.02. The number of nitrogens with one attached hydrogen (secondary N) is 1. The summed E-state index contributed by atoms with van der Waals surface area (Å²) in [6.07, 6.45) is 0.926. The maximum absolute atomic E-state index is 11.5. The van der Waals surface area contributed by atoms with Gasteiger partial charge in [0.1, 0.15) is 5.75 Å². The van der Waals surface area contributed by atoms with Gasteiger partial charge >= 0.3 is 0 Å². The summed E-state index contributed by atoms with van der Waals surface area (Å²) < 4.78 is 5.49. The van der Waals surface area contributed by atoms with Crippen molar-refractivity contribution in [2.24, 2.45) is 0 Å². The Morgan fingerprint density at radius 2 is 2.12 bits per heavy atom. The molecular weight excluding hydrogens is 214 g/mol.